The Balaban J connectivity index is 1.92. The molecule has 0 aliphatic carbocycles. The van der Waals surface area contributed by atoms with Gasteiger partial charge in [-0.15, -0.1) is 11.3 Å². The number of hydrogen-bond acceptors (Lipinski definition) is 3. The molecule has 2 rings (SSSR count). The molecule has 22 heavy (non-hydrogen) atoms. The molecule has 1 saturated heterocycles. The van der Waals surface area contributed by atoms with Gasteiger partial charge in [0.15, 0.2) is 0 Å². The summed E-state index contributed by atoms with van der Waals surface area (Å²) in [4.78, 5) is 15.5. The molecule has 1 aliphatic rings. The lowest BCUT2D eigenvalue weighted by Gasteiger charge is -2.35. The van der Waals surface area contributed by atoms with Gasteiger partial charge < -0.3 is 9.64 Å². The first-order chi connectivity index (χ1) is 10.2. The van der Waals surface area contributed by atoms with Crippen LogP contribution in [0.2, 0.25) is 0 Å². The first kappa shape index (κ1) is 17.3. The first-order valence-electron chi connectivity index (χ1n) is 8.21. The van der Waals surface area contributed by atoms with Gasteiger partial charge in [0.2, 0.25) is 0 Å². The molecule has 0 spiro atoms. The van der Waals surface area contributed by atoms with Crippen molar-refractivity contribution in [3.05, 3.63) is 21.4 Å². The fraction of sp³-hybridized carbons (Fsp3) is 0.722. The third kappa shape index (κ3) is 4.03. The number of carbonyl (C=O) groups is 1. The van der Waals surface area contributed by atoms with E-state index in [1.165, 1.54) is 16.0 Å². The lowest BCUT2D eigenvalue weighted by atomic mass is 9.83. The average Bonchev–Trinajstić information content (AvgIpc) is 2.76. The Morgan fingerprint density at radius 3 is 2.36 bits per heavy atom. The highest BCUT2D eigenvalue weighted by Gasteiger charge is 2.30. The maximum atomic E-state index is 12.1. The fourth-order valence-electron chi connectivity index (χ4n) is 3.09. The molecule has 1 fully saturated rings. The molecule has 2 heterocycles. The highest BCUT2D eigenvalue weighted by molar-refractivity contribution is 7.10. The average molecular weight is 324 g/mol. The van der Waals surface area contributed by atoms with Crippen LogP contribution in [0.25, 0.3) is 0 Å². The predicted octanol–water partition coefficient (Wildman–Crippen LogP) is 5.12. The molecular formula is C18H29NO2S. The summed E-state index contributed by atoms with van der Waals surface area (Å²) in [5.74, 6) is 1.25. The minimum Gasteiger partial charge on any atom is -0.444 e. The molecule has 1 amide bonds. The molecule has 124 valence electrons. The normalized spacial score (nSPS) is 18.4. The van der Waals surface area contributed by atoms with Gasteiger partial charge >= 0.3 is 6.09 Å². The largest absolute Gasteiger partial charge is 0.444 e. The van der Waals surface area contributed by atoms with Crippen LogP contribution in [0.15, 0.2) is 5.38 Å². The third-order valence-corrected chi connectivity index (χ3v) is 6.04. The van der Waals surface area contributed by atoms with Crippen LogP contribution in [-0.4, -0.2) is 29.7 Å². The van der Waals surface area contributed by atoms with Gasteiger partial charge in [-0.3, -0.25) is 0 Å². The van der Waals surface area contributed by atoms with Crippen molar-refractivity contribution >= 4 is 17.4 Å². The topological polar surface area (TPSA) is 29.5 Å². The zero-order valence-corrected chi connectivity index (χ0v) is 15.5. The minimum atomic E-state index is -0.410. The monoisotopic (exact) mass is 323 g/mol. The number of rotatable bonds is 2. The number of piperidine rings is 1. The van der Waals surface area contributed by atoms with Crippen molar-refractivity contribution in [3.63, 3.8) is 0 Å². The second-order valence-corrected chi connectivity index (χ2v) is 8.41. The Morgan fingerprint density at radius 1 is 1.32 bits per heavy atom. The Hall–Kier alpha value is -1.03. The number of carbonyl (C=O) groups excluding carboxylic acids is 1. The predicted molar refractivity (Wildman–Crippen MR) is 92.7 cm³/mol. The molecular weight excluding hydrogens is 294 g/mol. The van der Waals surface area contributed by atoms with E-state index in [4.69, 9.17) is 4.74 Å². The van der Waals surface area contributed by atoms with Crippen molar-refractivity contribution in [1.29, 1.82) is 0 Å². The lowest BCUT2D eigenvalue weighted by Crippen LogP contribution is -2.42. The molecule has 1 aliphatic heterocycles. The van der Waals surface area contributed by atoms with Crippen LogP contribution in [0.5, 0.6) is 0 Å². The van der Waals surface area contributed by atoms with E-state index in [1.54, 1.807) is 0 Å². The number of ether oxygens (including phenoxy) is 1. The van der Waals surface area contributed by atoms with Crippen molar-refractivity contribution in [2.75, 3.05) is 13.1 Å². The first-order valence-corrected chi connectivity index (χ1v) is 9.09. The standard InChI is InChI=1S/C18H29NO2S/c1-12-11-22-16(13(12)2)14(3)15-7-9-19(10-8-15)17(20)21-18(4,5)6/h11,14-15H,7-10H2,1-6H3/t14-/m1/s1. The summed E-state index contributed by atoms with van der Waals surface area (Å²) in [5, 5.41) is 2.26. The summed E-state index contributed by atoms with van der Waals surface area (Å²) in [6.07, 6.45) is 1.97. The Labute approximate surface area is 138 Å². The van der Waals surface area contributed by atoms with Crippen molar-refractivity contribution in [1.82, 2.24) is 4.90 Å². The highest BCUT2D eigenvalue weighted by Crippen LogP contribution is 2.38. The number of thiophene rings is 1. The van der Waals surface area contributed by atoms with Gasteiger partial charge in [0.25, 0.3) is 0 Å². The Kier molecular flexibility index (Phi) is 5.21. The van der Waals surface area contributed by atoms with Crippen molar-refractivity contribution in [2.45, 2.75) is 65.9 Å². The van der Waals surface area contributed by atoms with Crippen LogP contribution in [0, 0.1) is 19.8 Å². The number of hydrogen-bond donors (Lipinski definition) is 0. The van der Waals surface area contributed by atoms with Gasteiger partial charge in [0, 0.05) is 18.0 Å². The van der Waals surface area contributed by atoms with Crippen molar-refractivity contribution < 1.29 is 9.53 Å². The van der Waals surface area contributed by atoms with E-state index in [9.17, 15) is 4.79 Å². The fourth-order valence-corrected chi connectivity index (χ4v) is 4.32. The second-order valence-electron chi connectivity index (χ2n) is 7.50. The number of nitrogens with zero attached hydrogens (tertiary/aromatic N) is 1. The summed E-state index contributed by atoms with van der Waals surface area (Å²) in [6.45, 7) is 14.1. The van der Waals surface area contributed by atoms with E-state index in [0.29, 0.717) is 11.8 Å². The highest BCUT2D eigenvalue weighted by atomic mass is 32.1. The lowest BCUT2D eigenvalue weighted by molar-refractivity contribution is 0.0176. The number of likely N-dealkylation sites (tertiary alicyclic amines) is 1. The summed E-state index contributed by atoms with van der Waals surface area (Å²) in [7, 11) is 0. The van der Waals surface area contributed by atoms with Crippen molar-refractivity contribution in [3.8, 4) is 0 Å². The summed E-state index contributed by atoms with van der Waals surface area (Å²) < 4.78 is 5.47. The van der Waals surface area contributed by atoms with Gasteiger partial charge in [-0.1, -0.05) is 6.92 Å². The van der Waals surface area contributed by atoms with Crippen LogP contribution in [0.4, 0.5) is 4.79 Å². The van der Waals surface area contributed by atoms with Gasteiger partial charge in [-0.2, -0.15) is 0 Å². The smallest absolute Gasteiger partial charge is 0.410 e. The molecule has 0 N–H and O–H groups in total. The van der Waals surface area contributed by atoms with Gasteiger partial charge in [0.1, 0.15) is 5.60 Å². The molecule has 1 aromatic heterocycles. The van der Waals surface area contributed by atoms with E-state index in [-0.39, 0.29) is 6.09 Å². The van der Waals surface area contributed by atoms with Crippen LogP contribution >= 0.6 is 11.3 Å². The van der Waals surface area contributed by atoms with E-state index in [2.05, 4.69) is 26.2 Å². The quantitative estimate of drug-likeness (QED) is 0.756. The summed E-state index contributed by atoms with van der Waals surface area (Å²) >= 11 is 1.89. The maximum absolute atomic E-state index is 12.1. The van der Waals surface area contributed by atoms with E-state index in [0.717, 1.165) is 25.9 Å². The van der Waals surface area contributed by atoms with E-state index >= 15 is 0 Å². The Bertz CT molecular complexity index is 522. The van der Waals surface area contributed by atoms with Crippen LogP contribution in [-0.2, 0) is 4.74 Å². The molecule has 0 radical (unpaired) electrons. The third-order valence-electron chi connectivity index (χ3n) is 4.64. The summed E-state index contributed by atoms with van der Waals surface area (Å²) in [5.41, 5.74) is 2.44. The van der Waals surface area contributed by atoms with Gasteiger partial charge in [-0.25, -0.2) is 4.79 Å². The molecule has 0 bridgehead atoms. The number of amides is 1. The van der Waals surface area contributed by atoms with Crippen molar-refractivity contribution in [2.24, 2.45) is 5.92 Å². The minimum absolute atomic E-state index is 0.165. The molecule has 1 aromatic rings. The summed E-state index contributed by atoms with van der Waals surface area (Å²) in [6, 6.07) is 0. The van der Waals surface area contributed by atoms with Gasteiger partial charge in [-0.05, 0) is 75.8 Å². The Morgan fingerprint density at radius 2 is 1.91 bits per heavy atom. The molecule has 4 heteroatoms. The second kappa shape index (κ2) is 6.61. The molecule has 0 unspecified atom stereocenters. The maximum Gasteiger partial charge on any atom is 0.410 e. The number of aryl methyl sites for hydroxylation is 1. The van der Waals surface area contributed by atoms with Crippen LogP contribution < -0.4 is 0 Å². The van der Waals surface area contributed by atoms with Crippen LogP contribution in [0.3, 0.4) is 0 Å². The molecule has 3 nitrogen and oxygen atoms in total. The molecule has 0 aromatic carbocycles. The zero-order chi connectivity index (χ0) is 16.5. The zero-order valence-electron chi connectivity index (χ0n) is 14.7. The molecule has 1 atom stereocenters. The van der Waals surface area contributed by atoms with E-state index in [1.807, 2.05) is 37.0 Å². The van der Waals surface area contributed by atoms with E-state index < -0.39 is 5.60 Å². The van der Waals surface area contributed by atoms with Crippen LogP contribution in [0.1, 0.15) is 62.5 Å². The molecule has 0 saturated carbocycles. The van der Waals surface area contributed by atoms with Gasteiger partial charge in [0.05, 0.1) is 0 Å². The SMILES string of the molecule is Cc1csc([C@H](C)C2CCN(C(=O)OC(C)(C)C)CC2)c1C.